The third kappa shape index (κ3) is 4.54. The molecule has 0 fully saturated rings. The molecular weight excluding hydrogens is 379 g/mol. The second-order valence-electron chi connectivity index (χ2n) is 4.86. The molecule has 0 aromatic heterocycles. The molecule has 0 radical (unpaired) electrons. The van der Waals surface area contributed by atoms with Crippen LogP contribution in [0.25, 0.3) is 0 Å². The van der Waals surface area contributed by atoms with E-state index in [1.165, 1.54) is 0 Å². The number of carbonyl (C=O) groups is 1. The number of benzene rings is 1. The summed E-state index contributed by atoms with van der Waals surface area (Å²) in [6, 6.07) is 0. The number of hydrogen-bond donors (Lipinski definition) is 2. The maximum Gasteiger partial charge on any atom is 0.307 e. The average Bonchev–Trinajstić information content (AvgIpc) is 2.44. The Kier molecular flexibility index (Phi) is 7.38. The highest BCUT2D eigenvalue weighted by molar-refractivity contribution is 6.55. The zero-order valence-electron chi connectivity index (χ0n) is 11.1. The summed E-state index contributed by atoms with van der Waals surface area (Å²) in [5, 5.41) is 9.90. The first kappa shape index (κ1) is 19.1. The van der Waals surface area contributed by atoms with Gasteiger partial charge in [0.15, 0.2) is 0 Å². The first-order chi connectivity index (χ1) is 9.70. The monoisotopic (exact) mass is 391 g/mol. The van der Waals surface area contributed by atoms with E-state index in [2.05, 4.69) is 0 Å². The van der Waals surface area contributed by atoms with Crippen molar-refractivity contribution in [2.45, 2.75) is 19.8 Å². The SMILES string of the molecule is CC(Cc1c(Cl)c(Cl)c(Cl)c(Cl)c1Cl)CC(CN)C(=O)O. The number of halogens is 5. The summed E-state index contributed by atoms with van der Waals surface area (Å²) in [4.78, 5) is 11.0. The summed E-state index contributed by atoms with van der Waals surface area (Å²) in [6.45, 7) is 1.96. The van der Waals surface area contributed by atoms with E-state index in [1.54, 1.807) is 0 Å². The van der Waals surface area contributed by atoms with Crippen LogP contribution in [0.15, 0.2) is 0 Å². The third-order valence-corrected chi connectivity index (χ3v) is 5.53. The van der Waals surface area contributed by atoms with Gasteiger partial charge in [0, 0.05) is 6.54 Å². The number of aliphatic carboxylic acids is 1. The zero-order valence-corrected chi connectivity index (χ0v) is 14.9. The molecule has 21 heavy (non-hydrogen) atoms. The molecule has 0 amide bonds. The van der Waals surface area contributed by atoms with Crippen molar-refractivity contribution in [2.24, 2.45) is 17.6 Å². The predicted octanol–water partition coefficient (Wildman–Crippen LogP) is 5.18. The Bertz CT molecular complexity index is 521. The Balaban J connectivity index is 3.01. The molecule has 2 atom stereocenters. The van der Waals surface area contributed by atoms with Gasteiger partial charge in [0.25, 0.3) is 0 Å². The fourth-order valence-electron chi connectivity index (χ4n) is 2.04. The molecule has 1 aromatic carbocycles. The maximum atomic E-state index is 11.0. The van der Waals surface area contributed by atoms with Crippen molar-refractivity contribution in [3.05, 3.63) is 30.7 Å². The van der Waals surface area contributed by atoms with E-state index in [4.69, 9.17) is 68.8 Å². The highest BCUT2D eigenvalue weighted by Gasteiger charge is 2.23. The Morgan fingerprint density at radius 1 is 1.05 bits per heavy atom. The van der Waals surface area contributed by atoms with Gasteiger partial charge in [-0.1, -0.05) is 64.9 Å². The van der Waals surface area contributed by atoms with Crippen molar-refractivity contribution in [2.75, 3.05) is 6.54 Å². The Morgan fingerprint density at radius 3 is 1.86 bits per heavy atom. The Labute approximate surface area is 148 Å². The lowest BCUT2D eigenvalue weighted by Crippen LogP contribution is -2.25. The minimum absolute atomic E-state index is 0.0158. The van der Waals surface area contributed by atoms with Crippen LogP contribution in [0.2, 0.25) is 25.1 Å². The van der Waals surface area contributed by atoms with Gasteiger partial charge in [-0.25, -0.2) is 0 Å². The Morgan fingerprint density at radius 2 is 1.48 bits per heavy atom. The maximum absolute atomic E-state index is 11.0. The molecule has 3 N–H and O–H groups in total. The van der Waals surface area contributed by atoms with Crippen molar-refractivity contribution >= 4 is 64.0 Å². The van der Waals surface area contributed by atoms with E-state index in [0.717, 1.165) is 0 Å². The summed E-state index contributed by atoms with van der Waals surface area (Å²) in [6.07, 6.45) is 0.828. The van der Waals surface area contributed by atoms with E-state index in [-0.39, 0.29) is 37.6 Å². The average molecular weight is 394 g/mol. The summed E-state index contributed by atoms with van der Waals surface area (Å²) < 4.78 is 0. The molecule has 118 valence electrons. The van der Waals surface area contributed by atoms with Gasteiger partial charge >= 0.3 is 5.97 Å². The topological polar surface area (TPSA) is 63.3 Å². The molecular formula is C13H14Cl5NO2. The number of carboxylic acids is 1. The van der Waals surface area contributed by atoms with Gasteiger partial charge in [0.2, 0.25) is 0 Å². The molecule has 0 bridgehead atoms. The normalized spacial score (nSPS) is 14.0. The lowest BCUT2D eigenvalue weighted by Gasteiger charge is -2.19. The van der Waals surface area contributed by atoms with Gasteiger partial charge in [-0.3, -0.25) is 4.79 Å². The minimum Gasteiger partial charge on any atom is -0.481 e. The van der Waals surface area contributed by atoms with Gasteiger partial charge in [-0.2, -0.15) is 0 Å². The third-order valence-electron chi connectivity index (χ3n) is 3.17. The van der Waals surface area contributed by atoms with Crippen molar-refractivity contribution < 1.29 is 9.90 Å². The second kappa shape index (κ2) is 8.09. The number of hydrogen-bond acceptors (Lipinski definition) is 2. The van der Waals surface area contributed by atoms with E-state index >= 15 is 0 Å². The standard InChI is InChI=1S/C13H14Cl5NO2/c1-5(2-6(4-19)13(20)21)3-7-8(14)10(16)12(18)11(17)9(7)15/h5-6H,2-4,19H2,1H3,(H,20,21). The summed E-state index contributed by atoms with van der Waals surface area (Å²) in [5.41, 5.74) is 6.01. The molecule has 0 aliphatic carbocycles. The number of carboxylic acid groups (broad SMARTS) is 1. The highest BCUT2D eigenvalue weighted by atomic mass is 35.5. The lowest BCUT2D eigenvalue weighted by atomic mass is 9.90. The van der Waals surface area contributed by atoms with Gasteiger partial charge in [-0.05, 0) is 24.3 Å². The smallest absolute Gasteiger partial charge is 0.307 e. The molecule has 1 aromatic rings. The Hall–Kier alpha value is 0.1000. The van der Waals surface area contributed by atoms with Crippen LogP contribution in [0.4, 0.5) is 0 Å². The van der Waals surface area contributed by atoms with E-state index in [1.807, 2.05) is 6.92 Å². The van der Waals surface area contributed by atoms with Crippen LogP contribution >= 0.6 is 58.0 Å². The molecule has 0 aliphatic heterocycles. The van der Waals surface area contributed by atoms with Crippen molar-refractivity contribution in [1.29, 1.82) is 0 Å². The fraction of sp³-hybridized carbons (Fsp3) is 0.462. The van der Waals surface area contributed by atoms with E-state index in [9.17, 15) is 4.79 Å². The molecule has 8 heteroatoms. The number of nitrogens with two attached hydrogens (primary N) is 1. The van der Waals surface area contributed by atoms with Crippen LogP contribution in [-0.2, 0) is 11.2 Å². The molecule has 2 unspecified atom stereocenters. The fourth-order valence-corrected chi connectivity index (χ4v) is 3.38. The van der Waals surface area contributed by atoms with Gasteiger partial charge in [-0.15, -0.1) is 0 Å². The van der Waals surface area contributed by atoms with Crippen LogP contribution in [0.3, 0.4) is 0 Å². The van der Waals surface area contributed by atoms with Crippen LogP contribution in [0.1, 0.15) is 18.9 Å². The van der Waals surface area contributed by atoms with Crippen molar-refractivity contribution in [3.63, 3.8) is 0 Å². The second-order valence-corrected chi connectivity index (χ2v) is 6.75. The predicted molar refractivity (Wildman–Crippen MR) is 89.2 cm³/mol. The number of rotatable bonds is 6. The van der Waals surface area contributed by atoms with Crippen LogP contribution in [0.5, 0.6) is 0 Å². The van der Waals surface area contributed by atoms with Crippen LogP contribution < -0.4 is 5.73 Å². The molecule has 0 saturated carbocycles. The molecule has 0 spiro atoms. The highest BCUT2D eigenvalue weighted by Crippen LogP contribution is 2.44. The van der Waals surface area contributed by atoms with Crippen LogP contribution in [0, 0.1) is 11.8 Å². The summed E-state index contributed by atoms with van der Waals surface area (Å²) in [7, 11) is 0. The molecule has 3 nitrogen and oxygen atoms in total. The van der Waals surface area contributed by atoms with E-state index in [0.29, 0.717) is 18.4 Å². The summed E-state index contributed by atoms with van der Waals surface area (Å²) in [5.74, 6) is -1.55. The van der Waals surface area contributed by atoms with Gasteiger partial charge < -0.3 is 10.8 Å². The minimum atomic E-state index is -0.922. The lowest BCUT2D eigenvalue weighted by molar-refractivity contribution is -0.141. The van der Waals surface area contributed by atoms with Crippen molar-refractivity contribution in [3.8, 4) is 0 Å². The quantitative estimate of drug-likeness (QED) is 0.517. The first-order valence-electron chi connectivity index (χ1n) is 6.13. The molecule has 0 aliphatic rings. The molecule has 0 heterocycles. The van der Waals surface area contributed by atoms with Crippen LogP contribution in [-0.4, -0.2) is 17.6 Å². The zero-order chi connectivity index (χ0) is 16.3. The first-order valence-corrected chi connectivity index (χ1v) is 8.02. The van der Waals surface area contributed by atoms with E-state index < -0.39 is 11.9 Å². The summed E-state index contributed by atoms with van der Waals surface area (Å²) >= 11 is 30.2. The van der Waals surface area contributed by atoms with Gasteiger partial charge in [0.05, 0.1) is 31.0 Å². The van der Waals surface area contributed by atoms with Gasteiger partial charge in [0.1, 0.15) is 0 Å². The van der Waals surface area contributed by atoms with Crippen molar-refractivity contribution in [1.82, 2.24) is 0 Å². The molecule has 1 rings (SSSR count). The largest absolute Gasteiger partial charge is 0.481 e. The molecule has 0 saturated heterocycles.